The maximum Gasteiger partial charge on any atom is 0.337 e. The summed E-state index contributed by atoms with van der Waals surface area (Å²) in [5.41, 5.74) is 1.06. The van der Waals surface area contributed by atoms with Gasteiger partial charge in [0.15, 0.2) is 6.10 Å². The number of carbonyl (C=O) groups is 2. The van der Waals surface area contributed by atoms with Gasteiger partial charge < -0.3 is 15.1 Å². The first kappa shape index (κ1) is 11.6. The number of hydrogen-bond donors (Lipinski definition) is 2. The van der Waals surface area contributed by atoms with E-state index >= 15 is 0 Å². The zero-order valence-corrected chi connectivity index (χ0v) is 9.17. The van der Waals surface area contributed by atoms with Crippen LogP contribution in [0.25, 0.3) is 0 Å². The smallest absolute Gasteiger partial charge is 0.337 e. The number of rotatable bonds is 3. The van der Waals surface area contributed by atoms with E-state index in [0.29, 0.717) is 18.5 Å². The van der Waals surface area contributed by atoms with Crippen molar-refractivity contribution in [2.75, 3.05) is 11.4 Å². The average Bonchev–Trinajstić information content (AvgIpc) is 2.74. The van der Waals surface area contributed by atoms with Gasteiger partial charge in [0, 0.05) is 18.7 Å². The van der Waals surface area contributed by atoms with Crippen LogP contribution in [0.4, 0.5) is 5.69 Å². The molecule has 5 nitrogen and oxygen atoms in total. The molecule has 1 aromatic rings. The molecule has 1 atom stereocenters. The Kier molecular flexibility index (Phi) is 3.10. The second kappa shape index (κ2) is 4.55. The number of carboxylic acids is 1. The molecular weight excluding hydrogens is 222 g/mol. The Hall–Kier alpha value is -1.88. The molecule has 0 spiro atoms. The number of aliphatic carboxylic acids is 1. The molecule has 1 heterocycles. The quantitative estimate of drug-likeness (QED) is 0.817. The predicted molar refractivity (Wildman–Crippen MR) is 60.6 cm³/mol. The molecule has 1 amide bonds. The molecule has 1 aliphatic heterocycles. The zero-order chi connectivity index (χ0) is 12.4. The van der Waals surface area contributed by atoms with Crippen molar-refractivity contribution in [3.63, 3.8) is 0 Å². The van der Waals surface area contributed by atoms with Crippen molar-refractivity contribution in [3.05, 3.63) is 29.8 Å². The van der Waals surface area contributed by atoms with E-state index in [1.54, 1.807) is 17.0 Å². The lowest BCUT2D eigenvalue weighted by Crippen LogP contribution is -2.23. The van der Waals surface area contributed by atoms with Gasteiger partial charge in [-0.1, -0.05) is 12.1 Å². The maximum absolute atomic E-state index is 11.5. The number of benzene rings is 1. The number of hydrogen-bond acceptors (Lipinski definition) is 3. The third kappa shape index (κ3) is 2.29. The van der Waals surface area contributed by atoms with Gasteiger partial charge in [-0.2, -0.15) is 0 Å². The molecule has 0 unspecified atom stereocenters. The van der Waals surface area contributed by atoms with Crippen LogP contribution in [0.15, 0.2) is 24.3 Å². The molecule has 0 radical (unpaired) electrons. The van der Waals surface area contributed by atoms with E-state index in [9.17, 15) is 14.7 Å². The van der Waals surface area contributed by atoms with E-state index < -0.39 is 12.1 Å². The van der Waals surface area contributed by atoms with Gasteiger partial charge in [0.1, 0.15) is 0 Å². The van der Waals surface area contributed by atoms with Gasteiger partial charge in [0.2, 0.25) is 5.91 Å². The first-order valence-corrected chi connectivity index (χ1v) is 5.41. The van der Waals surface area contributed by atoms with Crippen LogP contribution in [-0.2, 0) is 9.59 Å². The molecule has 0 aromatic heterocycles. The summed E-state index contributed by atoms with van der Waals surface area (Å²) in [6.07, 6.45) is -0.115. The average molecular weight is 235 g/mol. The van der Waals surface area contributed by atoms with Gasteiger partial charge in [0.25, 0.3) is 0 Å². The molecular formula is C12H13NO4. The zero-order valence-electron chi connectivity index (χ0n) is 9.17. The van der Waals surface area contributed by atoms with Crippen molar-refractivity contribution in [2.45, 2.75) is 18.9 Å². The number of carboxylic acid groups (broad SMARTS) is 1. The largest absolute Gasteiger partial charge is 0.479 e. The van der Waals surface area contributed by atoms with Crippen molar-refractivity contribution in [3.8, 4) is 0 Å². The molecule has 2 rings (SSSR count). The van der Waals surface area contributed by atoms with Gasteiger partial charge in [-0.15, -0.1) is 0 Å². The minimum atomic E-state index is -1.52. The van der Waals surface area contributed by atoms with E-state index in [1.807, 2.05) is 0 Å². The van der Waals surface area contributed by atoms with Gasteiger partial charge in [0.05, 0.1) is 0 Å². The minimum Gasteiger partial charge on any atom is -0.479 e. The minimum absolute atomic E-state index is 0.0801. The molecule has 2 N–H and O–H groups in total. The van der Waals surface area contributed by atoms with Crippen LogP contribution >= 0.6 is 0 Å². The molecule has 1 aromatic carbocycles. The highest BCUT2D eigenvalue weighted by atomic mass is 16.4. The van der Waals surface area contributed by atoms with E-state index in [-0.39, 0.29) is 5.91 Å². The number of aliphatic hydroxyl groups excluding tert-OH is 1. The number of aliphatic hydroxyl groups is 1. The molecule has 0 saturated carbocycles. The molecule has 90 valence electrons. The number of carbonyl (C=O) groups excluding carboxylic acids is 1. The van der Waals surface area contributed by atoms with Crippen LogP contribution in [0, 0.1) is 0 Å². The molecule has 1 fully saturated rings. The fraction of sp³-hybridized carbons (Fsp3) is 0.333. The molecule has 1 aliphatic rings. The van der Waals surface area contributed by atoms with Crippen molar-refractivity contribution >= 4 is 17.6 Å². The van der Waals surface area contributed by atoms with Crippen LogP contribution in [-0.4, -0.2) is 28.6 Å². The molecule has 1 saturated heterocycles. The number of anilines is 1. The van der Waals surface area contributed by atoms with Crippen molar-refractivity contribution < 1.29 is 19.8 Å². The monoisotopic (exact) mass is 235 g/mol. The molecule has 17 heavy (non-hydrogen) atoms. The van der Waals surface area contributed by atoms with Crippen LogP contribution < -0.4 is 4.90 Å². The summed E-state index contributed by atoms with van der Waals surface area (Å²) in [6.45, 7) is 0.694. The van der Waals surface area contributed by atoms with Crippen molar-refractivity contribution in [1.29, 1.82) is 0 Å². The Bertz CT molecular complexity index is 440. The highest BCUT2D eigenvalue weighted by Crippen LogP contribution is 2.23. The summed E-state index contributed by atoms with van der Waals surface area (Å²) in [5, 5.41) is 18.0. The first-order chi connectivity index (χ1) is 8.09. The standard InChI is InChI=1S/C12H13NO4/c14-10-2-1-7-13(10)9-5-3-8(4-6-9)11(15)12(16)17/h3-6,11,15H,1-2,7H2,(H,16,17)/t11-/m0/s1. The Morgan fingerprint density at radius 1 is 1.29 bits per heavy atom. The predicted octanol–water partition coefficient (Wildman–Crippen LogP) is 0.931. The highest BCUT2D eigenvalue weighted by molar-refractivity contribution is 5.95. The fourth-order valence-electron chi connectivity index (χ4n) is 1.90. The fourth-order valence-corrected chi connectivity index (χ4v) is 1.90. The third-order valence-electron chi connectivity index (χ3n) is 2.83. The van der Waals surface area contributed by atoms with Gasteiger partial charge in [-0.05, 0) is 24.1 Å². The summed E-state index contributed by atoms with van der Waals surface area (Å²) in [6, 6.07) is 6.37. The van der Waals surface area contributed by atoms with Crippen LogP contribution in [0.1, 0.15) is 24.5 Å². The summed E-state index contributed by atoms with van der Waals surface area (Å²) < 4.78 is 0. The Morgan fingerprint density at radius 2 is 1.94 bits per heavy atom. The maximum atomic E-state index is 11.5. The Morgan fingerprint density at radius 3 is 2.41 bits per heavy atom. The second-order valence-electron chi connectivity index (χ2n) is 3.98. The molecule has 0 aliphatic carbocycles. The SMILES string of the molecule is O=C(O)[C@@H](O)c1ccc(N2CCCC2=O)cc1. The van der Waals surface area contributed by atoms with Crippen molar-refractivity contribution in [2.24, 2.45) is 0 Å². The van der Waals surface area contributed by atoms with Gasteiger partial charge in [-0.25, -0.2) is 4.79 Å². The highest BCUT2D eigenvalue weighted by Gasteiger charge is 2.22. The summed E-state index contributed by atoms with van der Waals surface area (Å²) in [7, 11) is 0. The third-order valence-corrected chi connectivity index (χ3v) is 2.83. The summed E-state index contributed by atoms with van der Waals surface area (Å²) in [5.74, 6) is -1.20. The van der Waals surface area contributed by atoms with E-state index in [1.165, 1.54) is 12.1 Å². The van der Waals surface area contributed by atoms with E-state index in [2.05, 4.69) is 0 Å². The topological polar surface area (TPSA) is 77.8 Å². The lowest BCUT2D eigenvalue weighted by Gasteiger charge is -2.16. The number of nitrogens with zero attached hydrogens (tertiary/aromatic N) is 1. The van der Waals surface area contributed by atoms with Gasteiger partial charge in [-0.3, -0.25) is 4.79 Å². The summed E-state index contributed by atoms with van der Waals surface area (Å²) in [4.78, 5) is 23.7. The van der Waals surface area contributed by atoms with Crippen molar-refractivity contribution in [1.82, 2.24) is 0 Å². The van der Waals surface area contributed by atoms with Crippen LogP contribution in [0.2, 0.25) is 0 Å². The Balaban J connectivity index is 2.18. The van der Waals surface area contributed by atoms with Crippen LogP contribution in [0.5, 0.6) is 0 Å². The Labute approximate surface area is 98.3 Å². The second-order valence-corrected chi connectivity index (χ2v) is 3.98. The van der Waals surface area contributed by atoms with E-state index in [0.717, 1.165) is 12.1 Å². The van der Waals surface area contributed by atoms with E-state index in [4.69, 9.17) is 5.11 Å². The summed E-state index contributed by atoms with van der Waals surface area (Å²) >= 11 is 0. The lowest BCUT2D eigenvalue weighted by molar-refractivity contribution is -0.147. The normalized spacial score (nSPS) is 17.2. The van der Waals surface area contributed by atoms with Crippen LogP contribution in [0.3, 0.4) is 0 Å². The lowest BCUT2D eigenvalue weighted by atomic mass is 10.1. The first-order valence-electron chi connectivity index (χ1n) is 5.41. The van der Waals surface area contributed by atoms with Gasteiger partial charge >= 0.3 is 5.97 Å². The number of amides is 1. The molecule has 0 bridgehead atoms. The molecule has 5 heteroatoms.